The summed E-state index contributed by atoms with van der Waals surface area (Å²) in [6.07, 6.45) is 12.1. The van der Waals surface area contributed by atoms with Gasteiger partial charge in [0.15, 0.2) is 5.76 Å². The van der Waals surface area contributed by atoms with E-state index in [9.17, 15) is 5.11 Å². The second-order valence-electron chi connectivity index (χ2n) is 3.95. The number of hydrogen-bond donors (Lipinski definition) is 1. The van der Waals surface area contributed by atoms with E-state index in [0.29, 0.717) is 12.2 Å². The van der Waals surface area contributed by atoms with Crippen LogP contribution in [0.25, 0.3) is 0 Å². The van der Waals surface area contributed by atoms with Crippen molar-refractivity contribution in [2.75, 3.05) is 0 Å². The Kier molecular flexibility index (Phi) is 2.07. The monoisotopic (exact) mass is 230 g/mol. The van der Waals surface area contributed by atoms with Crippen LogP contribution in [0.1, 0.15) is 6.42 Å². The molecule has 1 N–H and O–H groups in total. The number of hydrogen-bond acceptors (Lipinski definition) is 3. The van der Waals surface area contributed by atoms with Gasteiger partial charge in [0.1, 0.15) is 11.9 Å². The van der Waals surface area contributed by atoms with Gasteiger partial charge in [-0.05, 0) is 23.8 Å². The molecule has 0 aromatic heterocycles. The second-order valence-corrected chi connectivity index (χ2v) is 4.47. The van der Waals surface area contributed by atoms with Crippen molar-refractivity contribution in [1.29, 1.82) is 0 Å². The quantitative estimate of drug-likeness (QED) is 0.649. The number of thiocarbonyl (C=S) groups is 1. The fourth-order valence-electron chi connectivity index (χ4n) is 2.03. The highest BCUT2D eigenvalue weighted by atomic mass is 32.1. The zero-order valence-electron chi connectivity index (χ0n) is 8.51. The van der Waals surface area contributed by atoms with Crippen LogP contribution in [0.15, 0.2) is 59.1 Å². The number of aliphatic hydroxyl groups is 1. The summed E-state index contributed by atoms with van der Waals surface area (Å²) in [4.78, 5) is 0.741. The van der Waals surface area contributed by atoms with Crippen LogP contribution in [0, 0.1) is 0 Å². The molecule has 3 rings (SSSR count). The van der Waals surface area contributed by atoms with Gasteiger partial charge in [-0.2, -0.15) is 0 Å². The Morgan fingerprint density at radius 2 is 2.19 bits per heavy atom. The Bertz CT molecular complexity index is 518. The van der Waals surface area contributed by atoms with Crippen molar-refractivity contribution in [3.8, 4) is 0 Å². The van der Waals surface area contributed by atoms with E-state index in [1.807, 2.05) is 36.5 Å². The van der Waals surface area contributed by atoms with Crippen LogP contribution in [0.2, 0.25) is 0 Å². The lowest BCUT2D eigenvalue weighted by molar-refractivity contribution is 0.167. The van der Waals surface area contributed by atoms with Crippen molar-refractivity contribution < 1.29 is 9.84 Å². The van der Waals surface area contributed by atoms with Crippen LogP contribution in [0.3, 0.4) is 0 Å². The van der Waals surface area contributed by atoms with E-state index in [1.165, 1.54) is 0 Å². The van der Waals surface area contributed by atoms with Gasteiger partial charge in [-0.25, -0.2) is 0 Å². The Morgan fingerprint density at radius 1 is 1.31 bits per heavy atom. The molecule has 0 saturated heterocycles. The third-order valence-electron chi connectivity index (χ3n) is 2.76. The van der Waals surface area contributed by atoms with Crippen LogP contribution in [0.4, 0.5) is 0 Å². The average Bonchev–Trinajstić information content (AvgIpc) is 2.27. The minimum Gasteiger partial charge on any atom is -0.508 e. The molecule has 0 aromatic carbocycles. The molecule has 0 aromatic rings. The molecule has 16 heavy (non-hydrogen) atoms. The molecule has 2 aliphatic carbocycles. The fraction of sp³-hybridized carbons (Fsp3) is 0.154. The summed E-state index contributed by atoms with van der Waals surface area (Å²) in [5, 5.41) is 9.82. The summed E-state index contributed by atoms with van der Waals surface area (Å²) >= 11 is 5.11. The van der Waals surface area contributed by atoms with E-state index in [2.05, 4.69) is 0 Å². The van der Waals surface area contributed by atoms with Gasteiger partial charge in [0.25, 0.3) is 0 Å². The predicted molar refractivity (Wildman–Crippen MR) is 66.2 cm³/mol. The van der Waals surface area contributed by atoms with Crippen molar-refractivity contribution in [1.82, 2.24) is 0 Å². The summed E-state index contributed by atoms with van der Waals surface area (Å²) in [5.74, 6) is 0.808. The van der Waals surface area contributed by atoms with Crippen LogP contribution in [0.5, 0.6) is 0 Å². The van der Waals surface area contributed by atoms with Gasteiger partial charge in [0.2, 0.25) is 0 Å². The molecule has 1 heterocycles. The minimum absolute atomic E-state index is 0.0778. The summed E-state index contributed by atoms with van der Waals surface area (Å²) in [6, 6.07) is 0. The molecule has 0 saturated carbocycles. The Morgan fingerprint density at radius 3 is 3.06 bits per heavy atom. The van der Waals surface area contributed by atoms with E-state index >= 15 is 0 Å². The Labute approximate surface area is 98.9 Å². The molecule has 1 aliphatic heterocycles. The Hall–Kier alpha value is -1.61. The molecule has 2 nitrogen and oxygen atoms in total. The van der Waals surface area contributed by atoms with Gasteiger partial charge >= 0.3 is 0 Å². The predicted octanol–water partition coefficient (Wildman–Crippen LogP) is 2.91. The lowest BCUT2D eigenvalue weighted by Gasteiger charge is -2.29. The lowest BCUT2D eigenvalue weighted by atomic mass is 9.93. The first-order valence-corrected chi connectivity index (χ1v) is 5.55. The molecule has 1 unspecified atom stereocenters. The van der Waals surface area contributed by atoms with Gasteiger partial charge in [0, 0.05) is 16.9 Å². The van der Waals surface area contributed by atoms with E-state index in [-0.39, 0.29) is 11.9 Å². The number of rotatable bonds is 0. The number of allylic oxidation sites excluding steroid dienone is 5. The highest BCUT2D eigenvalue weighted by Gasteiger charge is 2.27. The van der Waals surface area contributed by atoms with Crippen LogP contribution >= 0.6 is 12.2 Å². The Balaban J connectivity index is 2.11. The highest BCUT2D eigenvalue weighted by Crippen LogP contribution is 2.34. The van der Waals surface area contributed by atoms with Gasteiger partial charge in [-0.15, -0.1) is 0 Å². The third kappa shape index (κ3) is 1.44. The molecular formula is C13H10O2S. The van der Waals surface area contributed by atoms with Crippen LogP contribution in [-0.4, -0.2) is 16.1 Å². The zero-order valence-corrected chi connectivity index (χ0v) is 9.33. The summed E-state index contributed by atoms with van der Waals surface area (Å²) < 4.78 is 5.75. The molecule has 0 radical (unpaired) electrons. The van der Waals surface area contributed by atoms with E-state index < -0.39 is 0 Å². The molecular weight excluding hydrogens is 220 g/mol. The summed E-state index contributed by atoms with van der Waals surface area (Å²) in [7, 11) is 0. The SMILES string of the molecule is OC1=C2OC3C=CC=CC3=CC2=CC(=S)C1. The molecule has 0 fully saturated rings. The zero-order chi connectivity index (χ0) is 11.1. The average molecular weight is 230 g/mol. The van der Waals surface area contributed by atoms with E-state index in [0.717, 1.165) is 16.0 Å². The van der Waals surface area contributed by atoms with Crippen LogP contribution in [-0.2, 0) is 4.74 Å². The topological polar surface area (TPSA) is 29.5 Å². The first kappa shape index (κ1) is 9.60. The first-order chi connectivity index (χ1) is 7.74. The molecule has 3 aliphatic rings. The molecule has 1 atom stereocenters. The fourth-order valence-corrected chi connectivity index (χ4v) is 2.29. The maximum Gasteiger partial charge on any atom is 0.165 e. The van der Waals surface area contributed by atoms with Crippen molar-refractivity contribution in [3.05, 3.63) is 59.1 Å². The molecule has 80 valence electrons. The second kappa shape index (κ2) is 3.46. The van der Waals surface area contributed by atoms with Crippen molar-refractivity contribution in [2.24, 2.45) is 0 Å². The molecule has 3 heteroatoms. The van der Waals surface area contributed by atoms with Crippen molar-refractivity contribution in [3.63, 3.8) is 0 Å². The standard InChI is InChI=1S/C13H10O2S/c14-11-7-10(16)6-9-5-8-3-1-2-4-12(8)15-13(9)11/h1-6,12,14H,7H2. The summed E-state index contributed by atoms with van der Waals surface area (Å²) in [6.45, 7) is 0. The number of aliphatic hydroxyl groups excluding tert-OH is 1. The first-order valence-electron chi connectivity index (χ1n) is 5.14. The van der Waals surface area contributed by atoms with Gasteiger partial charge in [0.05, 0.1) is 0 Å². The lowest BCUT2D eigenvalue weighted by Crippen LogP contribution is -2.22. The largest absolute Gasteiger partial charge is 0.508 e. The minimum atomic E-state index is -0.0778. The van der Waals surface area contributed by atoms with Crippen molar-refractivity contribution >= 4 is 17.1 Å². The van der Waals surface area contributed by atoms with Gasteiger partial charge < -0.3 is 9.84 Å². The van der Waals surface area contributed by atoms with Gasteiger partial charge in [-0.1, -0.05) is 30.4 Å². The molecule has 0 spiro atoms. The van der Waals surface area contributed by atoms with Crippen molar-refractivity contribution in [2.45, 2.75) is 12.5 Å². The maximum atomic E-state index is 9.82. The summed E-state index contributed by atoms with van der Waals surface area (Å²) in [5.41, 5.74) is 1.97. The number of ether oxygens (including phenoxy) is 1. The highest BCUT2D eigenvalue weighted by molar-refractivity contribution is 7.80. The number of fused-ring (bicyclic) bond motifs is 2. The molecule has 0 amide bonds. The maximum absolute atomic E-state index is 9.82. The normalized spacial score (nSPS) is 26.8. The molecule has 0 bridgehead atoms. The third-order valence-corrected chi connectivity index (χ3v) is 3.03. The smallest absolute Gasteiger partial charge is 0.165 e. The van der Waals surface area contributed by atoms with Crippen LogP contribution < -0.4 is 0 Å². The van der Waals surface area contributed by atoms with E-state index in [1.54, 1.807) is 0 Å². The van der Waals surface area contributed by atoms with E-state index in [4.69, 9.17) is 17.0 Å². The van der Waals surface area contributed by atoms with Gasteiger partial charge in [-0.3, -0.25) is 0 Å².